The fourth-order valence-electron chi connectivity index (χ4n) is 1.99. The van der Waals surface area contributed by atoms with Crippen molar-refractivity contribution >= 4 is 13.1 Å². The van der Waals surface area contributed by atoms with E-state index in [-0.39, 0.29) is 0 Å². The van der Waals surface area contributed by atoms with Gasteiger partial charge in [-0.2, -0.15) is 13.2 Å². The van der Waals surface area contributed by atoms with Crippen molar-refractivity contribution in [2.24, 2.45) is 0 Å². The monoisotopic (exact) mass is 368 g/mol. The van der Waals surface area contributed by atoms with E-state index in [1.54, 1.807) is 0 Å². The molecule has 7 nitrogen and oxygen atoms in total. The number of ether oxygens (including phenoxy) is 4. The number of carbonyl (C=O) groups is 1. The number of rotatable bonds is 5. The summed E-state index contributed by atoms with van der Waals surface area (Å²) in [6.07, 6.45) is -4.77. The van der Waals surface area contributed by atoms with Gasteiger partial charge in [0.1, 0.15) is 6.51 Å². The van der Waals surface area contributed by atoms with Crippen LogP contribution in [0.25, 0.3) is 0 Å². The van der Waals surface area contributed by atoms with Gasteiger partial charge in [0, 0.05) is 19.9 Å². The molecule has 0 bridgehead atoms. The standard InChI is InChI=1S/C13H13BF4O7/c1-12(2)24-10-7(23-5-14(20)21)3-6(15)9(8(10)11(19)25-12)22-4-13(16,17)18/h3,20-21H,4-5H2,1-2H3. The van der Waals surface area contributed by atoms with Crippen LogP contribution in [0.2, 0.25) is 0 Å². The zero-order valence-electron chi connectivity index (χ0n) is 13.0. The zero-order valence-corrected chi connectivity index (χ0v) is 13.0. The van der Waals surface area contributed by atoms with Gasteiger partial charge in [-0.05, 0) is 0 Å². The second kappa shape index (κ2) is 6.60. The van der Waals surface area contributed by atoms with Gasteiger partial charge in [-0.15, -0.1) is 0 Å². The Hall–Kier alpha value is -2.21. The van der Waals surface area contributed by atoms with Gasteiger partial charge >= 0.3 is 19.3 Å². The highest BCUT2D eigenvalue weighted by Crippen LogP contribution is 2.45. The number of hydrogen-bond acceptors (Lipinski definition) is 7. The third-order valence-corrected chi connectivity index (χ3v) is 2.81. The number of alkyl halides is 3. The fraction of sp³-hybridized carbons (Fsp3) is 0.462. The van der Waals surface area contributed by atoms with Gasteiger partial charge in [0.2, 0.25) is 5.79 Å². The zero-order chi connectivity index (χ0) is 19.0. The SMILES string of the molecule is CC1(C)OC(=O)c2c(OCC(F)(F)F)c(F)cc(OCB(O)O)c2O1. The van der Waals surface area contributed by atoms with E-state index < -0.39 is 66.8 Å². The van der Waals surface area contributed by atoms with Crippen molar-refractivity contribution in [1.82, 2.24) is 0 Å². The van der Waals surface area contributed by atoms with Gasteiger partial charge in [0.15, 0.2) is 35.2 Å². The summed E-state index contributed by atoms with van der Waals surface area (Å²) < 4.78 is 70.7. The lowest BCUT2D eigenvalue weighted by molar-refractivity contribution is -0.155. The van der Waals surface area contributed by atoms with E-state index >= 15 is 0 Å². The first-order valence-corrected chi connectivity index (χ1v) is 6.87. The smallest absolute Gasteiger partial charge is 0.491 e. The van der Waals surface area contributed by atoms with Crippen LogP contribution in [0.1, 0.15) is 24.2 Å². The Kier molecular flexibility index (Phi) is 5.05. The highest BCUT2D eigenvalue weighted by atomic mass is 19.4. The highest BCUT2D eigenvalue weighted by Gasteiger charge is 2.41. The summed E-state index contributed by atoms with van der Waals surface area (Å²) in [4.78, 5) is 12.1. The van der Waals surface area contributed by atoms with E-state index in [1.165, 1.54) is 13.8 Å². The lowest BCUT2D eigenvalue weighted by Crippen LogP contribution is -2.39. The van der Waals surface area contributed by atoms with Gasteiger partial charge in [-0.1, -0.05) is 0 Å². The molecular weight excluding hydrogens is 355 g/mol. The van der Waals surface area contributed by atoms with E-state index in [1.807, 2.05) is 0 Å². The van der Waals surface area contributed by atoms with Crippen LogP contribution in [0.5, 0.6) is 17.2 Å². The average molecular weight is 368 g/mol. The molecule has 0 saturated heterocycles. The van der Waals surface area contributed by atoms with E-state index in [2.05, 4.69) is 4.74 Å². The molecule has 1 aliphatic rings. The summed E-state index contributed by atoms with van der Waals surface area (Å²) in [6, 6.07) is 0.613. The third kappa shape index (κ3) is 4.66. The molecule has 2 rings (SSSR count). The molecule has 0 fully saturated rings. The van der Waals surface area contributed by atoms with Crippen molar-refractivity contribution in [1.29, 1.82) is 0 Å². The van der Waals surface area contributed by atoms with Crippen LogP contribution < -0.4 is 14.2 Å². The molecule has 25 heavy (non-hydrogen) atoms. The number of esters is 1. The van der Waals surface area contributed by atoms with E-state index in [9.17, 15) is 22.4 Å². The predicted molar refractivity (Wildman–Crippen MR) is 73.8 cm³/mol. The van der Waals surface area contributed by atoms with Crippen molar-refractivity contribution in [3.8, 4) is 17.2 Å². The maximum atomic E-state index is 14.1. The van der Waals surface area contributed by atoms with Crippen molar-refractivity contribution in [2.45, 2.75) is 25.8 Å². The van der Waals surface area contributed by atoms with Gasteiger partial charge in [0.05, 0.1) is 0 Å². The number of hydrogen-bond donors (Lipinski definition) is 2. The van der Waals surface area contributed by atoms with E-state index in [0.717, 1.165) is 0 Å². The van der Waals surface area contributed by atoms with Gasteiger partial charge in [0.25, 0.3) is 0 Å². The maximum absolute atomic E-state index is 14.1. The second-order valence-corrected chi connectivity index (χ2v) is 5.48. The molecule has 12 heteroatoms. The molecule has 0 atom stereocenters. The number of halogens is 4. The Bertz CT molecular complexity index is 675. The van der Waals surface area contributed by atoms with Crippen LogP contribution in [0.3, 0.4) is 0 Å². The minimum Gasteiger partial charge on any atom is -0.492 e. The van der Waals surface area contributed by atoms with E-state index in [0.29, 0.717) is 6.07 Å². The molecule has 138 valence electrons. The molecule has 0 aliphatic carbocycles. The Morgan fingerprint density at radius 2 is 1.88 bits per heavy atom. The van der Waals surface area contributed by atoms with Crippen LogP contribution in [-0.4, -0.2) is 48.2 Å². The number of cyclic esters (lactones) is 1. The molecule has 0 radical (unpaired) electrons. The lowest BCUT2D eigenvalue weighted by Gasteiger charge is -2.33. The maximum Gasteiger partial charge on any atom is 0.491 e. The molecule has 0 unspecified atom stereocenters. The van der Waals surface area contributed by atoms with Crippen molar-refractivity contribution < 1.29 is 51.4 Å². The molecule has 2 N–H and O–H groups in total. The van der Waals surface area contributed by atoms with Crippen molar-refractivity contribution in [3.63, 3.8) is 0 Å². The summed E-state index contributed by atoms with van der Waals surface area (Å²) in [7, 11) is -1.91. The third-order valence-electron chi connectivity index (χ3n) is 2.81. The molecule has 1 heterocycles. The first-order valence-electron chi connectivity index (χ1n) is 6.87. The van der Waals surface area contributed by atoms with Gasteiger partial charge < -0.3 is 29.0 Å². The Balaban J connectivity index is 2.51. The summed E-state index contributed by atoms with van der Waals surface area (Å²) >= 11 is 0. The lowest BCUT2D eigenvalue weighted by atomic mass is 9.95. The molecule has 0 aromatic heterocycles. The molecule has 1 aromatic carbocycles. The van der Waals surface area contributed by atoms with Crippen LogP contribution in [-0.2, 0) is 4.74 Å². The first-order chi connectivity index (χ1) is 11.4. The molecule has 0 amide bonds. The highest BCUT2D eigenvalue weighted by molar-refractivity contribution is 6.40. The normalized spacial score (nSPS) is 15.8. The van der Waals surface area contributed by atoms with Crippen LogP contribution >= 0.6 is 0 Å². The van der Waals surface area contributed by atoms with Crippen LogP contribution in [0.4, 0.5) is 17.6 Å². The summed E-state index contributed by atoms with van der Waals surface area (Å²) in [6.45, 7) is 0.117. The van der Waals surface area contributed by atoms with Crippen LogP contribution in [0.15, 0.2) is 6.07 Å². The Morgan fingerprint density at radius 3 is 2.44 bits per heavy atom. The van der Waals surface area contributed by atoms with Gasteiger partial charge in [-0.25, -0.2) is 9.18 Å². The average Bonchev–Trinajstić information content (AvgIpc) is 2.42. The Morgan fingerprint density at radius 1 is 1.24 bits per heavy atom. The number of fused-ring (bicyclic) bond motifs is 1. The predicted octanol–water partition coefficient (Wildman–Crippen LogP) is 1.44. The largest absolute Gasteiger partial charge is 0.492 e. The molecule has 0 spiro atoms. The molecule has 0 saturated carbocycles. The fourth-order valence-corrected chi connectivity index (χ4v) is 1.99. The molecule has 1 aromatic rings. The van der Waals surface area contributed by atoms with Gasteiger partial charge in [-0.3, -0.25) is 0 Å². The Labute approximate surface area is 139 Å². The minimum atomic E-state index is -4.77. The number of carbonyl (C=O) groups excluding carboxylic acids is 1. The topological polar surface area (TPSA) is 94.5 Å². The first kappa shape index (κ1) is 19.1. The summed E-state index contributed by atoms with van der Waals surface area (Å²) in [5, 5.41) is 17.6. The quantitative estimate of drug-likeness (QED) is 0.462. The second-order valence-electron chi connectivity index (χ2n) is 5.48. The molecule has 1 aliphatic heterocycles. The minimum absolute atomic E-state index is 0.426. The van der Waals surface area contributed by atoms with Crippen molar-refractivity contribution in [2.75, 3.05) is 13.1 Å². The summed E-state index contributed by atoms with van der Waals surface area (Å²) in [5.74, 6) is -5.91. The van der Waals surface area contributed by atoms with E-state index in [4.69, 9.17) is 24.3 Å². The van der Waals surface area contributed by atoms with Crippen LogP contribution in [0, 0.1) is 5.82 Å². The molecular formula is C13H13BF4O7. The summed E-state index contributed by atoms with van der Waals surface area (Å²) in [5.41, 5.74) is -0.731. The van der Waals surface area contributed by atoms with Crippen molar-refractivity contribution in [3.05, 3.63) is 17.4 Å². The number of benzene rings is 1.